The first-order chi connectivity index (χ1) is 12.4. The number of carbonyl (C=O) groups excluding carboxylic acids is 1. The van der Waals surface area contributed by atoms with Crippen LogP contribution in [0.2, 0.25) is 0 Å². The molecule has 8 heteroatoms. The molecule has 0 heterocycles. The third-order valence-electron chi connectivity index (χ3n) is 3.61. The Morgan fingerprint density at radius 2 is 1.73 bits per heavy atom. The van der Waals surface area contributed by atoms with Crippen molar-refractivity contribution < 1.29 is 22.7 Å². The average molecular weight is 378 g/mol. The molecule has 0 atom stereocenters. The number of sulfonamides is 1. The first-order valence-electron chi connectivity index (χ1n) is 8.04. The van der Waals surface area contributed by atoms with Crippen LogP contribution in [0.25, 0.3) is 0 Å². The number of anilines is 1. The number of rotatable bonds is 8. The van der Waals surface area contributed by atoms with Crippen LogP contribution in [0.15, 0.2) is 47.4 Å². The maximum atomic E-state index is 12.6. The minimum atomic E-state index is -3.85. The van der Waals surface area contributed by atoms with E-state index in [4.69, 9.17) is 9.47 Å². The summed E-state index contributed by atoms with van der Waals surface area (Å²) in [5.74, 6) is 0.620. The van der Waals surface area contributed by atoms with Crippen LogP contribution in [-0.2, 0) is 10.0 Å². The highest BCUT2D eigenvalue weighted by atomic mass is 32.2. The lowest BCUT2D eigenvalue weighted by atomic mass is 10.2. The predicted octanol–water partition coefficient (Wildman–Crippen LogP) is 2.64. The second-order valence-electron chi connectivity index (χ2n) is 5.45. The van der Waals surface area contributed by atoms with E-state index in [0.29, 0.717) is 23.6 Å². The monoisotopic (exact) mass is 378 g/mol. The molecule has 0 aliphatic carbocycles. The van der Waals surface area contributed by atoms with E-state index in [-0.39, 0.29) is 16.5 Å². The van der Waals surface area contributed by atoms with Gasteiger partial charge in [-0.2, -0.15) is 0 Å². The van der Waals surface area contributed by atoms with E-state index in [1.54, 1.807) is 12.1 Å². The zero-order chi connectivity index (χ0) is 19.2. The summed E-state index contributed by atoms with van der Waals surface area (Å²) in [5, 5.41) is 2.74. The molecule has 0 bridgehead atoms. The normalized spacial score (nSPS) is 10.9. The molecule has 1 amide bonds. The van der Waals surface area contributed by atoms with Gasteiger partial charge < -0.3 is 14.8 Å². The predicted molar refractivity (Wildman–Crippen MR) is 99.4 cm³/mol. The maximum Gasteiger partial charge on any atom is 0.262 e. The lowest BCUT2D eigenvalue weighted by Gasteiger charge is -2.13. The average Bonchev–Trinajstić information content (AvgIpc) is 2.65. The fourth-order valence-electron chi connectivity index (χ4n) is 2.22. The summed E-state index contributed by atoms with van der Waals surface area (Å²) in [4.78, 5) is 11.9. The molecule has 7 nitrogen and oxygen atoms in total. The summed E-state index contributed by atoms with van der Waals surface area (Å²) in [5.41, 5.74) is 0.660. The summed E-state index contributed by atoms with van der Waals surface area (Å²) in [7, 11) is -0.911. The third-order valence-corrected chi connectivity index (χ3v) is 4.99. The van der Waals surface area contributed by atoms with E-state index >= 15 is 0 Å². The summed E-state index contributed by atoms with van der Waals surface area (Å²) in [6.45, 7) is 2.52. The number of methoxy groups -OCH3 is 2. The molecule has 0 radical (unpaired) electrons. The zero-order valence-corrected chi connectivity index (χ0v) is 15.7. The van der Waals surface area contributed by atoms with E-state index in [2.05, 4.69) is 10.0 Å². The van der Waals surface area contributed by atoms with Crippen LogP contribution in [0.4, 0.5) is 5.69 Å². The third kappa shape index (κ3) is 4.66. The molecular weight excluding hydrogens is 356 g/mol. The molecule has 140 valence electrons. The fourth-order valence-corrected chi connectivity index (χ4v) is 3.28. The first kappa shape index (κ1) is 19.6. The zero-order valence-electron chi connectivity index (χ0n) is 14.9. The van der Waals surface area contributed by atoms with Crippen LogP contribution in [-0.4, -0.2) is 35.1 Å². The van der Waals surface area contributed by atoms with Gasteiger partial charge in [0.25, 0.3) is 15.9 Å². The Bertz CT molecular complexity index is 864. The van der Waals surface area contributed by atoms with E-state index in [1.807, 2.05) is 6.92 Å². The molecule has 0 saturated carbocycles. The topological polar surface area (TPSA) is 93.7 Å². The van der Waals surface area contributed by atoms with Crippen molar-refractivity contribution in [2.75, 3.05) is 25.5 Å². The van der Waals surface area contributed by atoms with Gasteiger partial charge in [-0.15, -0.1) is 0 Å². The largest absolute Gasteiger partial charge is 0.497 e. The molecule has 0 aliphatic rings. The van der Waals surface area contributed by atoms with Crippen LogP contribution >= 0.6 is 0 Å². The van der Waals surface area contributed by atoms with E-state index in [1.165, 1.54) is 44.6 Å². The molecule has 2 aromatic rings. The van der Waals surface area contributed by atoms with Gasteiger partial charge >= 0.3 is 0 Å². The van der Waals surface area contributed by atoms with Gasteiger partial charge in [-0.05, 0) is 42.8 Å². The van der Waals surface area contributed by atoms with Crippen LogP contribution < -0.4 is 19.5 Å². The van der Waals surface area contributed by atoms with Crippen molar-refractivity contribution in [3.05, 3.63) is 48.0 Å². The van der Waals surface area contributed by atoms with Crippen LogP contribution in [0, 0.1) is 0 Å². The van der Waals surface area contributed by atoms with Crippen molar-refractivity contribution in [1.29, 1.82) is 0 Å². The van der Waals surface area contributed by atoms with Crippen molar-refractivity contribution >= 4 is 21.6 Å². The van der Waals surface area contributed by atoms with Gasteiger partial charge in [0, 0.05) is 18.2 Å². The molecule has 26 heavy (non-hydrogen) atoms. The van der Waals surface area contributed by atoms with Crippen LogP contribution in [0.5, 0.6) is 11.5 Å². The molecule has 0 fully saturated rings. The molecule has 0 spiro atoms. The van der Waals surface area contributed by atoms with E-state index in [9.17, 15) is 13.2 Å². The fraction of sp³-hybridized carbons (Fsp3) is 0.278. The summed E-state index contributed by atoms with van der Waals surface area (Å²) < 4.78 is 38.0. The smallest absolute Gasteiger partial charge is 0.262 e. The van der Waals surface area contributed by atoms with Gasteiger partial charge in [-0.1, -0.05) is 6.92 Å². The second-order valence-corrected chi connectivity index (χ2v) is 7.13. The molecule has 0 aromatic heterocycles. The highest BCUT2D eigenvalue weighted by Gasteiger charge is 2.18. The van der Waals surface area contributed by atoms with Crippen LogP contribution in [0.3, 0.4) is 0 Å². The molecule has 0 unspecified atom stereocenters. The quantitative estimate of drug-likeness (QED) is 0.736. The summed E-state index contributed by atoms with van der Waals surface area (Å²) in [6.07, 6.45) is 0.824. The van der Waals surface area contributed by atoms with Gasteiger partial charge in [0.05, 0.1) is 24.8 Å². The Balaban J connectivity index is 2.24. The Morgan fingerprint density at radius 3 is 2.31 bits per heavy atom. The minimum Gasteiger partial charge on any atom is -0.497 e. The van der Waals surface area contributed by atoms with Gasteiger partial charge in [0.2, 0.25) is 0 Å². The lowest BCUT2D eigenvalue weighted by Crippen LogP contribution is -2.24. The number of hydrogen-bond donors (Lipinski definition) is 2. The van der Waals surface area contributed by atoms with Gasteiger partial charge in [0.15, 0.2) is 0 Å². The summed E-state index contributed by atoms with van der Waals surface area (Å²) in [6, 6.07) is 10.5. The lowest BCUT2D eigenvalue weighted by molar-refractivity contribution is 0.0953. The Hall–Kier alpha value is -2.74. The number of benzene rings is 2. The first-order valence-corrected chi connectivity index (χ1v) is 9.52. The number of hydrogen-bond acceptors (Lipinski definition) is 5. The second kappa shape index (κ2) is 8.57. The molecule has 0 aliphatic heterocycles. The van der Waals surface area contributed by atoms with E-state index in [0.717, 1.165) is 6.42 Å². The number of ether oxygens (including phenoxy) is 2. The van der Waals surface area contributed by atoms with Crippen molar-refractivity contribution in [1.82, 2.24) is 5.32 Å². The minimum absolute atomic E-state index is 0.0365. The molecule has 0 saturated heterocycles. The van der Waals surface area contributed by atoms with Crippen molar-refractivity contribution in [3.63, 3.8) is 0 Å². The highest BCUT2D eigenvalue weighted by molar-refractivity contribution is 7.92. The van der Waals surface area contributed by atoms with Crippen molar-refractivity contribution in [2.24, 2.45) is 0 Å². The molecule has 2 rings (SSSR count). The molecule has 2 aromatic carbocycles. The van der Waals surface area contributed by atoms with Gasteiger partial charge in [0.1, 0.15) is 11.5 Å². The van der Waals surface area contributed by atoms with Gasteiger partial charge in [-0.25, -0.2) is 8.42 Å². The van der Waals surface area contributed by atoms with Crippen molar-refractivity contribution in [2.45, 2.75) is 18.2 Å². The Labute approximate surface area is 153 Å². The summed E-state index contributed by atoms with van der Waals surface area (Å²) >= 11 is 0. The number of amides is 1. The van der Waals surface area contributed by atoms with Crippen LogP contribution in [0.1, 0.15) is 23.7 Å². The Kier molecular flexibility index (Phi) is 6.46. The maximum absolute atomic E-state index is 12.6. The van der Waals surface area contributed by atoms with E-state index < -0.39 is 10.0 Å². The SMILES string of the molecule is CCCNC(=O)c1ccc(S(=O)(=O)Nc2cc(OC)ccc2OC)cc1. The number of nitrogens with one attached hydrogen (secondary N) is 2. The van der Waals surface area contributed by atoms with Gasteiger partial charge in [-0.3, -0.25) is 9.52 Å². The standard InChI is InChI=1S/C18H22N2O5S/c1-4-11-19-18(21)13-5-8-15(9-6-13)26(22,23)20-16-12-14(24-2)7-10-17(16)25-3/h5-10,12,20H,4,11H2,1-3H3,(H,19,21). The molecule has 2 N–H and O–H groups in total. The molecular formula is C18H22N2O5S. The Morgan fingerprint density at radius 1 is 1.04 bits per heavy atom. The number of carbonyl (C=O) groups is 1. The van der Waals surface area contributed by atoms with Crippen molar-refractivity contribution in [3.8, 4) is 11.5 Å². The highest BCUT2D eigenvalue weighted by Crippen LogP contribution is 2.30.